The van der Waals surface area contributed by atoms with Crippen LogP contribution in [0.4, 0.5) is 0 Å². The Balaban J connectivity index is 2.16. The minimum Gasteiger partial charge on any atom is -0.465 e. The molecule has 0 aliphatic rings. The number of nitrogens with one attached hydrogen (secondary N) is 1. The van der Waals surface area contributed by atoms with Gasteiger partial charge in [-0.1, -0.05) is 24.3 Å². The summed E-state index contributed by atoms with van der Waals surface area (Å²) in [7, 11) is -3.90. The van der Waals surface area contributed by atoms with Crippen LogP contribution in [-0.2, 0) is 21.2 Å². The second-order valence-electron chi connectivity index (χ2n) is 4.91. The van der Waals surface area contributed by atoms with Crippen LogP contribution >= 0.6 is 0 Å². The number of hydrogen-bond donors (Lipinski definition) is 1. The minimum absolute atomic E-state index is 0.00173. The van der Waals surface area contributed by atoms with Gasteiger partial charge in [0, 0.05) is 6.07 Å². The molecule has 0 unspecified atom stereocenters. The lowest BCUT2D eigenvalue weighted by atomic mass is 10.1. The first-order chi connectivity index (χ1) is 9.79. The van der Waals surface area contributed by atoms with E-state index < -0.39 is 15.9 Å². The Kier molecular flexibility index (Phi) is 4.18. The normalized spacial score (nSPS) is 11.4. The van der Waals surface area contributed by atoms with E-state index in [-0.39, 0.29) is 17.1 Å². The van der Waals surface area contributed by atoms with E-state index in [2.05, 4.69) is 4.72 Å². The highest BCUT2D eigenvalue weighted by Gasteiger charge is 2.23. The van der Waals surface area contributed by atoms with Crippen molar-refractivity contribution in [2.75, 3.05) is 0 Å². The topological polar surface area (TPSA) is 76.4 Å². The van der Waals surface area contributed by atoms with Crippen LogP contribution in [0.3, 0.4) is 0 Å². The molecule has 2 rings (SSSR count). The van der Waals surface area contributed by atoms with E-state index in [9.17, 15) is 13.2 Å². The molecule has 1 amide bonds. The summed E-state index contributed by atoms with van der Waals surface area (Å²) in [6.07, 6.45) is 0.0157. The first-order valence-electron chi connectivity index (χ1n) is 6.47. The lowest BCUT2D eigenvalue weighted by molar-refractivity contribution is -0.118. The van der Waals surface area contributed by atoms with Gasteiger partial charge in [-0.2, -0.15) is 0 Å². The number of carbonyl (C=O) groups is 1. The summed E-state index contributed by atoms with van der Waals surface area (Å²) < 4.78 is 31.6. The van der Waals surface area contributed by atoms with E-state index in [1.54, 1.807) is 19.9 Å². The smallest absolute Gasteiger partial charge is 0.267 e. The van der Waals surface area contributed by atoms with Crippen LogP contribution in [0.25, 0.3) is 0 Å². The fourth-order valence-corrected chi connectivity index (χ4v) is 3.32. The van der Waals surface area contributed by atoms with Crippen molar-refractivity contribution in [1.29, 1.82) is 0 Å². The molecule has 1 N–H and O–H groups in total. The molecule has 0 aliphatic carbocycles. The van der Waals surface area contributed by atoms with Gasteiger partial charge in [0.15, 0.2) is 0 Å². The zero-order valence-electron chi connectivity index (χ0n) is 12.1. The first-order valence-corrected chi connectivity index (χ1v) is 7.95. The van der Waals surface area contributed by atoms with Crippen molar-refractivity contribution < 1.29 is 17.6 Å². The Hall–Kier alpha value is -2.08. The molecule has 0 bridgehead atoms. The van der Waals surface area contributed by atoms with E-state index in [0.29, 0.717) is 5.76 Å². The molecule has 0 atom stereocenters. The van der Waals surface area contributed by atoms with Crippen molar-refractivity contribution in [3.05, 3.63) is 53.0 Å². The van der Waals surface area contributed by atoms with Crippen LogP contribution in [0.15, 0.2) is 39.6 Å². The fourth-order valence-electron chi connectivity index (χ4n) is 2.10. The maximum atomic E-state index is 12.2. The van der Waals surface area contributed by atoms with Gasteiger partial charge in [-0.05, 0) is 31.9 Å². The zero-order valence-corrected chi connectivity index (χ0v) is 13.0. The molecule has 0 fully saturated rings. The highest BCUT2D eigenvalue weighted by molar-refractivity contribution is 7.90. The Labute approximate surface area is 124 Å². The van der Waals surface area contributed by atoms with Gasteiger partial charge >= 0.3 is 0 Å². The van der Waals surface area contributed by atoms with Crippen LogP contribution in [0.5, 0.6) is 0 Å². The third-order valence-corrected chi connectivity index (χ3v) is 4.63. The molecule has 0 aliphatic heterocycles. The average Bonchev–Trinajstić information content (AvgIpc) is 2.71. The molecular formula is C15H17NO4S. The Bertz CT molecular complexity index is 775. The van der Waals surface area contributed by atoms with Crippen LogP contribution in [0, 0.1) is 20.8 Å². The highest BCUT2D eigenvalue weighted by Crippen LogP contribution is 2.19. The van der Waals surface area contributed by atoms with E-state index in [1.165, 1.54) is 6.07 Å². The molecule has 0 saturated carbocycles. The van der Waals surface area contributed by atoms with E-state index in [4.69, 9.17) is 4.42 Å². The third-order valence-electron chi connectivity index (χ3n) is 3.15. The SMILES string of the molecule is Cc1cc(S(=O)(=O)NC(=O)Cc2ccccc2C)c(C)o1. The monoisotopic (exact) mass is 307 g/mol. The molecule has 2 aromatic rings. The average molecular weight is 307 g/mol. The molecule has 1 aromatic heterocycles. The molecule has 1 aromatic carbocycles. The number of furan rings is 1. The molecular weight excluding hydrogens is 290 g/mol. The van der Waals surface area contributed by atoms with Crippen LogP contribution in [0.2, 0.25) is 0 Å². The van der Waals surface area contributed by atoms with Crippen LogP contribution < -0.4 is 4.72 Å². The minimum atomic E-state index is -3.90. The van der Waals surface area contributed by atoms with Crippen molar-refractivity contribution in [1.82, 2.24) is 4.72 Å². The molecule has 112 valence electrons. The molecule has 0 radical (unpaired) electrons. The van der Waals surface area contributed by atoms with Gasteiger partial charge < -0.3 is 4.42 Å². The van der Waals surface area contributed by atoms with Gasteiger partial charge in [0.05, 0.1) is 6.42 Å². The molecule has 21 heavy (non-hydrogen) atoms. The molecule has 0 saturated heterocycles. The van der Waals surface area contributed by atoms with Crippen LogP contribution in [0.1, 0.15) is 22.6 Å². The highest BCUT2D eigenvalue weighted by atomic mass is 32.2. The molecule has 0 spiro atoms. The van der Waals surface area contributed by atoms with Gasteiger partial charge in [-0.15, -0.1) is 0 Å². The second kappa shape index (κ2) is 5.73. The number of amides is 1. The van der Waals surface area contributed by atoms with Crippen molar-refractivity contribution in [3.8, 4) is 0 Å². The lowest BCUT2D eigenvalue weighted by Crippen LogP contribution is -2.32. The number of benzene rings is 1. The van der Waals surface area contributed by atoms with E-state index >= 15 is 0 Å². The number of aryl methyl sites for hydroxylation is 3. The number of carbonyl (C=O) groups excluding carboxylic acids is 1. The predicted octanol–water partition coefficient (Wildman–Crippen LogP) is 2.25. The zero-order chi connectivity index (χ0) is 15.6. The summed E-state index contributed by atoms with van der Waals surface area (Å²) >= 11 is 0. The van der Waals surface area contributed by atoms with Gasteiger partial charge in [-0.25, -0.2) is 13.1 Å². The second-order valence-corrected chi connectivity index (χ2v) is 6.56. The van der Waals surface area contributed by atoms with Crippen molar-refractivity contribution in [3.63, 3.8) is 0 Å². The predicted molar refractivity (Wildman–Crippen MR) is 78.4 cm³/mol. The Morgan fingerprint density at radius 3 is 2.43 bits per heavy atom. The fraction of sp³-hybridized carbons (Fsp3) is 0.267. The number of hydrogen-bond acceptors (Lipinski definition) is 4. The molecule has 1 heterocycles. The van der Waals surface area contributed by atoms with Gasteiger partial charge in [0.1, 0.15) is 16.4 Å². The standard InChI is InChI=1S/C15H17NO4S/c1-10-6-4-5-7-13(10)9-15(17)16-21(18,19)14-8-11(2)20-12(14)3/h4-8H,9H2,1-3H3,(H,16,17). The van der Waals surface area contributed by atoms with Gasteiger partial charge in [0.25, 0.3) is 10.0 Å². The Morgan fingerprint density at radius 1 is 1.19 bits per heavy atom. The lowest BCUT2D eigenvalue weighted by Gasteiger charge is -2.07. The summed E-state index contributed by atoms with van der Waals surface area (Å²) in [5.74, 6) is 0.186. The first kappa shape index (κ1) is 15.3. The maximum absolute atomic E-state index is 12.2. The summed E-state index contributed by atoms with van der Waals surface area (Å²) in [6, 6.07) is 8.76. The quantitative estimate of drug-likeness (QED) is 0.940. The molecule has 6 heteroatoms. The van der Waals surface area contributed by atoms with Crippen molar-refractivity contribution in [2.45, 2.75) is 32.1 Å². The molecule has 5 nitrogen and oxygen atoms in total. The summed E-state index contributed by atoms with van der Waals surface area (Å²) in [5, 5.41) is 0. The van der Waals surface area contributed by atoms with E-state index in [1.807, 2.05) is 25.1 Å². The summed E-state index contributed by atoms with van der Waals surface area (Å²) in [5.41, 5.74) is 1.74. The van der Waals surface area contributed by atoms with Gasteiger partial charge in [-0.3, -0.25) is 4.79 Å². The Morgan fingerprint density at radius 2 is 1.86 bits per heavy atom. The van der Waals surface area contributed by atoms with E-state index in [0.717, 1.165) is 11.1 Å². The third kappa shape index (κ3) is 3.52. The number of rotatable bonds is 4. The van der Waals surface area contributed by atoms with Crippen LogP contribution in [-0.4, -0.2) is 14.3 Å². The van der Waals surface area contributed by atoms with Crippen molar-refractivity contribution in [2.24, 2.45) is 0 Å². The van der Waals surface area contributed by atoms with Gasteiger partial charge in [0.2, 0.25) is 5.91 Å². The number of sulfonamides is 1. The maximum Gasteiger partial charge on any atom is 0.267 e. The summed E-state index contributed by atoms with van der Waals surface area (Å²) in [6.45, 7) is 5.08. The summed E-state index contributed by atoms with van der Waals surface area (Å²) in [4.78, 5) is 11.9. The van der Waals surface area contributed by atoms with Crippen molar-refractivity contribution >= 4 is 15.9 Å². The largest absolute Gasteiger partial charge is 0.465 e.